The normalized spacial score (nSPS) is 13.4. The van der Waals surface area contributed by atoms with Crippen molar-refractivity contribution in [2.45, 2.75) is 8.81 Å². The first-order valence-electron chi connectivity index (χ1n) is 6.51. The zero-order valence-corrected chi connectivity index (χ0v) is 17.7. The summed E-state index contributed by atoms with van der Waals surface area (Å²) in [6.45, 7) is 0. The van der Waals surface area contributed by atoms with Crippen LogP contribution >= 0.6 is 50.7 Å². The molecule has 0 aromatic heterocycles. The molecule has 11 heteroatoms. The number of nitrogens with zero attached hydrogens (tertiary/aromatic N) is 1. The van der Waals surface area contributed by atoms with E-state index in [-0.39, 0.29) is 10.5 Å². The smallest absolute Gasteiger partial charge is 0.275 e. The van der Waals surface area contributed by atoms with Gasteiger partial charge in [0.05, 0.1) is 4.90 Å². The molecule has 0 fully saturated rings. The molecule has 0 aliphatic rings. The summed E-state index contributed by atoms with van der Waals surface area (Å²) in [6.07, 6.45) is 0. The zero-order chi connectivity index (χ0) is 18.7. The average Bonchev–Trinajstić information content (AvgIpc) is 2.54. The molecule has 0 radical (unpaired) electrons. The highest BCUT2D eigenvalue weighted by Crippen LogP contribution is 2.30. The van der Waals surface area contributed by atoms with Crippen LogP contribution in [0.3, 0.4) is 0 Å². The molecule has 0 bridgehead atoms. The third-order valence-electron chi connectivity index (χ3n) is 2.71. The van der Waals surface area contributed by atoms with Crippen LogP contribution in [0.5, 0.6) is 0 Å². The lowest BCUT2D eigenvalue weighted by atomic mass is 10.2. The Bertz CT molecular complexity index is 899. The van der Waals surface area contributed by atoms with E-state index in [9.17, 15) is 13.2 Å². The molecule has 0 saturated heterocycles. The topological polar surface area (TPSA) is 75.6 Å². The zero-order valence-electron chi connectivity index (χ0n) is 12.2. The minimum atomic E-state index is -4.10. The van der Waals surface area contributed by atoms with E-state index in [1.54, 1.807) is 30.3 Å². The summed E-state index contributed by atoms with van der Waals surface area (Å²) in [6, 6.07) is 13.9. The number of carbonyl (C=O) groups is 1. The van der Waals surface area contributed by atoms with E-state index in [1.807, 2.05) is 0 Å². The molecule has 2 rings (SSSR count). The molecule has 134 valence electrons. The van der Waals surface area contributed by atoms with Gasteiger partial charge in [-0.25, -0.2) is 8.42 Å². The molecule has 0 aliphatic heterocycles. The standard InChI is InChI=1S/C14H10BrCl3N2O3S2/c15-11-6-8-12(9-7-11)25(22,23)24(20-14(16,17)18)19-13(21)10-4-2-1-3-5-10/h1-9H,(H,19,20,21). The fourth-order valence-corrected chi connectivity index (χ4v) is 6.33. The van der Waals surface area contributed by atoms with E-state index in [2.05, 4.69) is 25.0 Å². The fourth-order valence-electron chi connectivity index (χ4n) is 1.64. The summed E-state index contributed by atoms with van der Waals surface area (Å²) in [5, 5.41) is 0. The largest absolute Gasteiger partial charge is 0.293 e. The summed E-state index contributed by atoms with van der Waals surface area (Å²) in [5.41, 5.74) is 0.255. The Balaban J connectivity index is 2.45. The number of halogens is 4. The molecule has 25 heavy (non-hydrogen) atoms. The van der Waals surface area contributed by atoms with E-state index < -0.39 is 28.6 Å². The second kappa shape index (κ2) is 8.37. The Morgan fingerprint density at radius 1 is 1.04 bits per heavy atom. The molecule has 0 aliphatic carbocycles. The van der Waals surface area contributed by atoms with Crippen molar-refractivity contribution in [1.29, 1.82) is 0 Å². The van der Waals surface area contributed by atoms with Crippen LogP contribution in [-0.4, -0.2) is 18.2 Å². The van der Waals surface area contributed by atoms with Crippen molar-refractivity contribution in [2.24, 2.45) is 4.36 Å². The Kier molecular flexibility index (Phi) is 6.92. The molecule has 1 amide bonds. The van der Waals surface area contributed by atoms with Crippen LogP contribution in [0.4, 0.5) is 0 Å². The molecular weight excluding hydrogens is 495 g/mol. The fraction of sp³-hybridized carbons (Fsp3) is 0.0714. The third kappa shape index (κ3) is 5.94. The predicted molar refractivity (Wildman–Crippen MR) is 105 cm³/mol. The van der Waals surface area contributed by atoms with Gasteiger partial charge < -0.3 is 0 Å². The Morgan fingerprint density at radius 2 is 1.60 bits per heavy atom. The third-order valence-corrected chi connectivity index (χ3v) is 8.16. The molecule has 1 N–H and O–H groups in total. The van der Waals surface area contributed by atoms with E-state index in [4.69, 9.17) is 34.8 Å². The maximum atomic E-state index is 12.8. The van der Waals surface area contributed by atoms with Gasteiger partial charge in [-0.05, 0) is 36.4 Å². The maximum Gasteiger partial charge on any atom is 0.293 e. The van der Waals surface area contributed by atoms with Gasteiger partial charge in [-0.1, -0.05) is 68.9 Å². The van der Waals surface area contributed by atoms with Gasteiger partial charge in [0.1, 0.15) is 9.91 Å². The summed E-state index contributed by atoms with van der Waals surface area (Å²) in [4.78, 5) is 12.2. The van der Waals surface area contributed by atoms with Gasteiger partial charge in [0.15, 0.2) is 0 Å². The number of nitrogens with one attached hydrogen (secondary N) is 1. The summed E-state index contributed by atoms with van der Waals surface area (Å²) >= 11 is 20.1. The van der Waals surface area contributed by atoms with Crippen molar-refractivity contribution in [2.75, 3.05) is 0 Å². The van der Waals surface area contributed by atoms with Crippen LogP contribution < -0.4 is 4.72 Å². The number of hydrogen-bond donors (Lipinski definition) is 1. The van der Waals surface area contributed by atoms with Gasteiger partial charge in [-0.15, -0.1) is 0 Å². The molecule has 2 aromatic rings. The number of benzene rings is 2. The minimum Gasteiger partial charge on any atom is -0.275 e. The molecule has 5 nitrogen and oxygen atoms in total. The predicted octanol–water partition coefficient (Wildman–Crippen LogP) is 4.61. The number of alkyl halides is 3. The van der Waals surface area contributed by atoms with E-state index in [1.165, 1.54) is 24.3 Å². The molecule has 1 unspecified atom stereocenters. The van der Waals surface area contributed by atoms with Gasteiger partial charge in [-0.2, -0.15) is 4.36 Å². The van der Waals surface area contributed by atoms with Gasteiger partial charge >= 0.3 is 0 Å². The van der Waals surface area contributed by atoms with E-state index >= 15 is 0 Å². The average molecular weight is 505 g/mol. The molecule has 2 aromatic carbocycles. The van der Waals surface area contributed by atoms with Gasteiger partial charge in [0.2, 0.25) is 0 Å². The van der Waals surface area contributed by atoms with Gasteiger partial charge in [-0.3, -0.25) is 9.52 Å². The second-order valence-electron chi connectivity index (χ2n) is 4.51. The Labute approximate surface area is 170 Å². The highest BCUT2D eigenvalue weighted by molar-refractivity contribution is 9.10. The van der Waals surface area contributed by atoms with E-state index in [0.717, 1.165) is 0 Å². The van der Waals surface area contributed by atoms with Crippen LogP contribution in [-0.2, 0) is 18.8 Å². The molecular formula is C14H10BrCl3N2O3S2. The lowest BCUT2D eigenvalue weighted by Gasteiger charge is -2.14. The monoisotopic (exact) mass is 502 g/mol. The van der Waals surface area contributed by atoms with Gasteiger partial charge in [0.25, 0.3) is 18.7 Å². The van der Waals surface area contributed by atoms with Crippen LogP contribution in [0.25, 0.3) is 0 Å². The molecule has 0 spiro atoms. The maximum absolute atomic E-state index is 12.8. The lowest BCUT2D eigenvalue weighted by molar-refractivity contribution is 0.0984. The first-order chi connectivity index (χ1) is 11.6. The summed E-state index contributed by atoms with van der Waals surface area (Å²) in [7, 11) is -6.20. The molecule has 0 saturated carbocycles. The first kappa shape index (κ1) is 20.7. The van der Waals surface area contributed by atoms with Crippen molar-refractivity contribution < 1.29 is 13.2 Å². The van der Waals surface area contributed by atoms with Crippen molar-refractivity contribution in [3.8, 4) is 0 Å². The number of rotatable bonds is 4. The Morgan fingerprint density at radius 3 is 2.12 bits per heavy atom. The second-order valence-corrected chi connectivity index (χ2v) is 12.2. The summed E-state index contributed by atoms with van der Waals surface area (Å²) < 4.78 is 30.0. The SMILES string of the molecule is O=C(N/S(=N\C(Cl)(Cl)Cl)S(=O)(=O)c1ccc(Br)cc1)c1ccccc1. The molecule has 0 heterocycles. The lowest BCUT2D eigenvalue weighted by Crippen LogP contribution is -2.31. The first-order valence-corrected chi connectivity index (χ1v) is 11.6. The van der Waals surface area contributed by atoms with Gasteiger partial charge in [0, 0.05) is 10.0 Å². The number of amides is 1. The molecule has 1 atom stereocenters. The summed E-state index contributed by atoms with van der Waals surface area (Å²) in [5.74, 6) is -0.650. The number of carbonyl (C=O) groups excluding carboxylic acids is 1. The van der Waals surface area contributed by atoms with Crippen molar-refractivity contribution >= 4 is 75.4 Å². The highest BCUT2D eigenvalue weighted by atomic mass is 79.9. The highest BCUT2D eigenvalue weighted by Gasteiger charge is 2.29. The van der Waals surface area contributed by atoms with E-state index in [0.29, 0.717) is 4.47 Å². The van der Waals surface area contributed by atoms with Crippen molar-refractivity contribution in [1.82, 2.24) is 4.72 Å². The van der Waals surface area contributed by atoms with Crippen molar-refractivity contribution in [3.63, 3.8) is 0 Å². The number of hydrogen-bond acceptors (Lipinski definition) is 4. The van der Waals surface area contributed by atoms with Crippen LogP contribution in [0, 0.1) is 0 Å². The minimum absolute atomic E-state index is 0.0644. The van der Waals surface area contributed by atoms with Crippen molar-refractivity contribution in [3.05, 3.63) is 64.6 Å². The van der Waals surface area contributed by atoms with Crippen LogP contribution in [0.15, 0.2) is 68.3 Å². The quantitative estimate of drug-likeness (QED) is 0.375. The Hall–Kier alpha value is -0.640. The van der Waals surface area contributed by atoms with Crippen LogP contribution in [0.1, 0.15) is 10.4 Å². The van der Waals surface area contributed by atoms with Crippen LogP contribution in [0.2, 0.25) is 0 Å².